The molecule has 1 amide bonds. The molecule has 0 saturated heterocycles. The van der Waals surface area contributed by atoms with Gasteiger partial charge in [-0.3, -0.25) is 9.59 Å². The van der Waals surface area contributed by atoms with Crippen LogP contribution < -0.4 is 5.32 Å². The number of nitrogens with zero attached hydrogens (tertiary/aromatic N) is 1. The summed E-state index contributed by atoms with van der Waals surface area (Å²) >= 11 is 0. The van der Waals surface area contributed by atoms with Gasteiger partial charge in [-0.15, -0.1) is 0 Å². The van der Waals surface area contributed by atoms with E-state index in [1.54, 1.807) is 29.8 Å². The highest BCUT2D eigenvalue weighted by atomic mass is 16.2. The summed E-state index contributed by atoms with van der Waals surface area (Å²) in [7, 11) is 0. The van der Waals surface area contributed by atoms with E-state index in [0.29, 0.717) is 5.69 Å². The molecule has 0 bridgehead atoms. The van der Waals surface area contributed by atoms with Crippen molar-refractivity contribution in [1.29, 1.82) is 0 Å². The Bertz CT molecular complexity index is 602. The minimum Gasteiger partial charge on any atom is -0.333 e. The molecule has 4 heteroatoms. The molecule has 1 atom stereocenters. The number of amides is 1. The second kappa shape index (κ2) is 5.52. The van der Waals surface area contributed by atoms with Crippen molar-refractivity contribution in [2.24, 2.45) is 0 Å². The number of rotatable bonds is 4. The van der Waals surface area contributed by atoms with Gasteiger partial charge in [-0.25, -0.2) is 0 Å². The molecular weight excluding hydrogens is 240 g/mol. The smallest absolute Gasteiger partial charge is 0.247 e. The first-order chi connectivity index (χ1) is 9.13. The third-order valence-electron chi connectivity index (χ3n) is 3.13. The highest BCUT2D eigenvalue weighted by molar-refractivity contribution is 5.94. The van der Waals surface area contributed by atoms with E-state index in [-0.39, 0.29) is 5.91 Å². The molecule has 1 heterocycles. The Morgan fingerprint density at radius 3 is 2.68 bits per heavy atom. The number of para-hydroxylation sites is 1. The maximum absolute atomic E-state index is 12.2. The highest BCUT2D eigenvalue weighted by Crippen LogP contribution is 2.17. The molecule has 1 unspecified atom stereocenters. The van der Waals surface area contributed by atoms with Crippen molar-refractivity contribution in [2.45, 2.75) is 19.9 Å². The maximum Gasteiger partial charge on any atom is 0.247 e. The van der Waals surface area contributed by atoms with Gasteiger partial charge in [0.05, 0.1) is 5.69 Å². The third kappa shape index (κ3) is 2.73. The predicted octanol–water partition coefficient (Wildman–Crippen LogP) is 2.81. The second-order valence-electron chi connectivity index (χ2n) is 4.44. The third-order valence-corrected chi connectivity index (χ3v) is 3.13. The molecule has 0 spiro atoms. The normalized spacial score (nSPS) is 11.9. The summed E-state index contributed by atoms with van der Waals surface area (Å²) < 4.78 is 1.65. The largest absolute Gasteiger partial charge is 0.333 e. The number of aromatic nitrogens is 1. The molecule has 2 rings (SSSR count). The number of hydrogen-bond acceptors (Lipinski definition) is 2. The standard InChI is InChI=1S/C15H16N2O2/c1-11-6-3-4-8-14(11)16-15(19)12(2)17-9-5-7-13(17)10-18/h3-10,12H,1-2H3,(H,16,19). The van der Waals surface area contributed by atoms with Crippen molar-refractivity contribution in [3.63, 3.8) is 0 Å². The topological polar surface area (TPSA) is 51.1 Å². The number of carbonyl (C=O) groups excluding carboxylic acids is 2. The quantitative estimate of drug-likeness (QED) is 0.855. The summed E-state index contributed by atoms with van der Waals surface area (Å²) in [5.41, 5.74) is 2.29. The zero-order chi connectivity index (χ0) is 13.8. The minimum absolute atomic E-state index is 0.145. The molecule has 19 heavy (non-hydrogen) atoms. The molecule has 0 fully saturated rings. The van der Waals surface area contributed by atoms with E-state index in [9.17, 15) is 9.59 Å². The minimum atomic E-state index is -0.435. The van der Waals surface area contributed by atoms with Gasteiger partial charge in [0, 0.05) is 11.9 Å². The summed E-state index contributed by atoms with van der Waals surface area (Å²) in [4.78, 5) is 23.1. The number of aryl methyl sites for hydroxylation is 1. The lowest BCUT2D eigenvalue weighted by Crippen LogP contribution is -2.24. The Labute approximate surface area is 112 Å². The van der Waals surface area contributed by atoms with Crippen molar-refractivity contribution in [2.75, 3.05) is 5.32 Å². The molecule has 0 radical (unpaired) electrons. The van der Waals surface area contributed by atoms with E-state index in [2.05, 4.69) is 5.32 Å². The Morgan fingerprint density at radius 2 is 2.00 bits per heavy atom. The van der Waals surface area contributed by atoms with Gasteiger partial charge in [0.1, 0.15) is 6.04 Å². The lowest BCUT2D eigenvalue weighted by atomic mass is 10.2. The lowest BCUT2D eigenvalue weighted by Gasteiger charge is -2.16. The maximum atomic E-state index is 12.2. The molecule has 2 aromatic rings. The summed E-state index contributed by atoms with van der Waals surface area (Å²) in [6, 6.07) is 10.6. The first kappa shape index (κ1) is 13.1. The van der Waals surface area contributed by atoms with Crippen LogP contribution in [0.25, 0.3) is 0 Å². The van der Waals surface area contributed by atoms with Crippen LogP contribution in [0.3, 0.4) is 0 Å². The van der Waals surface area contributed by atoms with Gasteiger partial charge in [0.25, 0.3) is 0 Å². The average molecular weight is 256 g/mol. The monoisotopic (exact) mass is 256 g/mol. The van der Waals surface area contributed by atoms with E-state index in [0.717, 1.165) is 17.5 Å². The van der Waals surface area contributed by atoms with Gasteiger partial charge in [-0.2, -0.15) is 0 Å². The highest BCUT2D eigenvalue weighted by Gasteiger charge is 2.17. The molecule has 0 aliphatic heterocycles. The van der Waals surface area contributed by atoms with Crippen LogP contribution in [-0.2, 0) is 4.79 Å². The van der Waals surface area contributed by atoms with Crippen LogP contribution in [0.2, 0.25) is 0 Å². The van der Waals surface area contributed by atoms with Crippen LogP contribution >= 0.6 is 0 Å². The fourth-order valence-electron chi connectivity index (χ4n) is 1.94. The molecule has 98 valence electrons. The van der Waals surface area contributed by atoms with Gasteiger partial charge in [-0.1, -0.05) is 18.2 Å². The Balaban J connectivity index is 2.17. The number of aldehydes is 1. The molecule has 1 aromatic heterocycles. The summed E-state index contributed by atoms with van der Waals surface area (Å²) in [6.07, 6.45) is 2.48. The van der Waals surface area contributed by atoms with Gasteiger partial charge in [-0.05, 0) is 37.6 Å². The molecule has 0 aliphatic carbocycles. The van der Waals surface area contributed by atoms with Crippen LogP contribution in [-0.4, -0.2) is 16.8 Å². The van der Waals surface area contributed by atoms with Gasteiger partial charge in [0.2, 0.25) is 5.91 Å². The van der Waals surface area contributed by atoms with Crippen molar-refractivity contribution >= 4 is 17.9 Å². The van der Waals surface area contributed by atoms with Crippen LogP contribution in [0.4, 0.5) is 5.69 Å². The zero-order valence-electron chi connectivity index (χ0n) is 11.0. The van der Waals surface area contributed by atoms with Crippen LogP contribution in [0.1, 0.15) is 29.0 Å². The lowest BCUT2D eigenvalue weighted by molar-refractivity contribution is -0.118. The number of carbonyl (C=O) groups is 2. The van der Waals surface area contributed by atoms with E-state index < -0.39 is 6.04 Å². The SMILES string of the molecule is Cc1ccccc1NC(=O)C(C)n1cccc1C=O. The molecular formula is C15H16N2O2. The van der Waals surface area contributed by atoms with Crippen molar-refractivity contribution in [1.82, 2.24) is 4.57 Å². The van der Waals surface area contributed by atoms with E-state index >= 15 is 0 Å². The van der Waals surface area contributed by atoms with Crippen molar-refractivity contribution in [3.8, 4) is 0 Å². The second-order valence-corrected chi connectivity index (χ2v) is 4.44. The first-order valence-corrected chi connectivity index (χ1v) is 6.12. The van der Waals surface area contributed by atoms with E-state index in [4.69, 9.17) is 0 Å². The molecule has 0 aliphatic rings. The van der Waals surface area contributed by atoms with Crippen molar-refractivity contribution < 1.29 is 9.59 Å². The average Bonchev–Trinajstić information content (AvgIpc) is 2.88. The molecule has 1 N–H and O–H groups in total. The summed E-state index contributed by atoms with van der Waals surface area (Å²) in [5, 5.41) is 2.87. The Hall–Kier alpha value is -2.36. The van der Waals surface area contributed by atoms with Gasteiger partial charge in [0.15, 0.2) is 6.29 Å². The number of hydrogen-bond donors (Lipinski definition) is 1. The van der Waals surface area contributed by atoms with E-state index in [1.165, 1.54) is 0 Å². The fraction of sp³-hybridized carbons (Fsp3) is 0.200. The number of benzene rings is 1. The van der Waals surface area contributed by atoms with Crippen LogP contribution in [0.15, 0.2) is 42.6 Å². The first-order valence-electron chi connectivity index (χ1n) is 6.12. The van der Waals surface area contributed by atoms with Gasteiger partial charge >= 0.3 is 0 Å². The zero-order valence-corrected chi connectivity index (χ0v) is 11.0. The number of anilines is 1. The fourth-order valence-corrected chi connectivity index (χ4v) is 1.94. The summed E-state index contributed by atoms with van der Waals surface area (Å²) in [5.74, 6) is -0.145. The molecule has 0 saturated carbocycles. The summed E-state index contributed by atoms with van der Waals surface area (Å²) in [6.45, 7) is 3.70. The molecule has 1 aromatic carbocycles. The number of nitrogens with one attached hydrogen (secondary N) is 1. The van der Waals surface area contributed by atoms with Crippen LogP contribution in [0.5, 0.6) is 0 Å². The van der Waals surface area contributed by atoms with E-state index in [1.807, 2.05) is 31.2 Å². The molecule has 4 nitrogen and oxygen atoms in total. The van der Waals surface area contributed by atoms with Gasteiger partial charge < -0.3 is 9.88 Å². The Morgan fingerprint density at radius 1 is 1.26 bits per heavy atom. The predicted molar refractivity (Wildman–Crippen MR) is 74.3 cm³/mol. The van der Waals surface area contributed by atoms with Crippen molar-refractivity contribution in [3.05, 3.63) is 53.9 Å². The Kier molecular flexibility index (Phi) is 3.80. The van der Waals surface area contributed by atoms with Crippen LogP contribution in [0, 0.1) is 6.92 Å².